The Hall–Kier alpha value is -0.360. The van der Waals surface area contributed by atoms with E-state index < -0.39 is 16.0 Å². The third kappa shape index (κ3) is 6.69. The number of rotatable bonds is 8. The molecule has 6 unspecified atom stereocenters. The number of hydrogen-bond acceptors (Lipinski definition) is 8. The molecular weight excluding hydrogens is 455 g/mol. The summed E-state index contributed by atoms with van der Waals surface area (Å²) in [5, 5.41) is 13.9. The van der Waals surface area contributed by atoms with E-state index in [9.17, 15) is 12.3 Å². The van der Waals surface area contributed by atoms with Gasteiger partial charge in [0.1, 0.15) is 0 Å². The van der Waals surface area contributed by atoms with Gasteiger partial charge in [-0.3, -0.25) is 16.1 Å². The molecule has 5 aliphatic rings. The average molecular weight is 501 g/mol. The second-order valence-electron chi connectivity index (χ2n) is 11.6. The van der Waals surface area contributed by atoms with Gasteiger partial charge in [0, 0.05) is 56.8 Å². The maximum Gasteiger partial charge on any atom is 0.303 e. The molecule has 5 fully saturated rings. The molecule has 0 bridgehead atoms. The second kappa shape index (κ2) is 11.4. The van der Waals surface area contributed by atoms with Gasteiger partial charge in [0.05, 0.1) is 11.9 Å². The fourth-order valence-corrected chi connectivity index (χ4v) is 7.77. The number of likely N-dealkylation sites (tertiary alicyclic amines) is 1. The Kier molecular flexibility index (Phi) is 8.45. The minimum atomic E-state index is -4.43. The maximum atomic E-state index is 13.2. The fourth-order valence-electron chi connectivity index (χ4n) is 7.30. The highest BCUT2D eigenvalue weighted by Crippen LogP contribution is 2.32. The summed E-state index contributed by atoms with van der Waals surface area (Å²) in [5.41, 5.74) is 3.86. The van der Waals surface area contributed by atoms with Gasteiger partial charge in [-0.15, -0.1) is 3.89 Å². The molecule has 6 atom stereocenters. The van der Waals surface area contributed by atoms with Gasteiger partial charge in [0.25, 0.3) is 0 Å². The average Bonchev–Trinajstić information content (AvgIpc) is 3.45. The van der Waals surface area contributed by atoms with Gasteiger partial charge in [-0.25, -0.2) is 5.01 Å². The van der Waals surface area contributed by atoms with Crippen LogP contribution in [0.25, 0.3) is 0 Å². The lowest BCUT2D eigenvalue weighted by Crippen LogP contribution is -2.68. The zero-order valence-electron chi connectivity index (χ0n) is 20.6. The van der Waals surface area contributed by atoms with Crippen LogP contribution < -0.4 is 21.4 Å². The quantitative estimate of drug-likeness (QED) is 0.368. The first-order valence-corrected chi connectivity index (χ1v) is 15.4. The number of nitrogens with one attached hydrogen (secondary N) is 4. The van der Waals surface area contributed by atoms with E-state index in [0.29, 0.717) is 30.2 Å². The van der Waals surface area contributed by atoms with Crippen LogP contribution in [0.2, 0.25) is 0 Å². The molecule has 0 radical (unpaired) electrons. The van der Waals surface area contributed by atoms with Crippen molar-refractivity contribution in [3.05, 3.63) is 0 Å². The lowest BCUT2D eigenvalue weighted by molar-refractivity contribution is 0.117. The Morgan fingerprint density at radius 3 is 2.50 bits per heavy atom. The van der Waals surface area contributed by atoms with Crippen LogP contribution in [0.15, 0.2) is 0 Å². The van der Waals surface area contributed by atoms with Gasteiger partial charge in [-0.05, 0) is 50.6 Å². The molecule has 10 heteroatoms. The van der Waals surface area contributed by atoms with Crippen LogP contribution >= 0.6 is 0 Å². The van der Waals surface area contributed by atoms with E-state index in [2.05, 4.69) is 31.3 Å². The summed E-state index contributed by atoms with van der Waals surface area (Å²) < 4.78 is 35.4. The molecule has 0 aromatic carbocycles. The minimum Gasteiger partial charge on any atom is -0.316 e. The number of fused-ring (bicyclic) bond motifs is 1. The molecule has 1 aliphatic carbocycles. The largest absolute Gasteiger partial charge is 0.316 e. The highest BCUT2D eigenvalue weighted by atomic mass is 32.3. The highest BCUT2D eigenvalue weighted by Gasteiger charge is 2.47. The predicted octanol–water partition coefficient (Wildman–Crippen LogP) is 1.02. The fraction of sp³-hybridized carbons (Fsp3) is 1.00. The summed E-state index contributed by atoms with van der Waals surface area (Å²) in [6, 6.07) is 1.08. The maximum absolute atomic E-state index is 13.2. The molecule has 196 valence electrons. The third-order valence-electron chi connectivity index (χ3n) is 9.03. The Morgan fingerprint density at radius 1 is 0.912 bits per heavy atom. The van der Waals surface area contributed by atoms with Crippen LogP contribution in [0, 0.1) is 17.8 Å². The van der Waals surface area contributed by atoms with Crippen molar-refractivity contribution in [2.24, 2.45) is 17.8 Å². The number of piperidine rings is 1. The molecule has 4 heterocycles. The van der Waals surface area contributed by atoms with Crippen molar-refractivity contribution in [2.75, 3.05) is 51.6 Å². The van der Waals surface area contributed by atoms with E-state index in [1.807, 2.05) is 0 Å². The Morgan fingerprint density at radius 2 is 1.74 bits per heavy atom. The number of nitrogens with zero attached hydrogens (tertiary/aromatic N) is 2. The molecule has 4 saturated heterocycles. The van der Waals surface area contributed by atoms with Crippen molar-refractivity contribution < 1.29 is 12.3 Å². The normalized spacial score (nSPS) is 38.9. The predicted molar refractivity (Wildman–Crippen MR) is 132 cm³/mol. The first-order valence-electron chi connectivity index (χ1n) is 13.8. The van der Waals surface area contributed by atoms with Gasteiger partial charge in [-0.1, -0.05) is 32.1 Å². The summed E-state index contributed by atoms with van der Waals surface area (Å²) >= 11 is 0. The number of halogens is 1. The van der Waals surface area contributed by atoms with E-state index in [4.69, 9.17) is 0 Å². The van der Waals surface area contributed by atoms with E-state index in [-0.39, 0.29) is 6.54 Å². The van der Waals surface area contributed by atoms with Crippen LogP contribution in [-0.4, -0.2) is 94.2 Å². The topological polar surface area (TPSA) is 88.7 Å². The van der Waals surface area contributed by atoms with Crippen molar-refractivity contribution in [2.45, 2.75) is 82.1 Å². The Bertz CT molecular complexity index is 761. The minimum absolute atomic E-state index is 0.284. The molecule has 4 N–H and O–H groups in total. The summed E-state index contributed by atoms with van der Waals surface area (Å²) in [6.07, 6.45) is 11.9. The SMILES string of the molecule is O=S(=O)(F)CCN1CC2NC(CC3CCCCC3)NC(C3CCN(CC4CCCNC4)N3)C2C1. The van der Waals surface area contributed by atoms with Gasteiger partial charge in [-0.2, -0.15) is 8.42 Å². The molecular formula is C24H45FN6O2S. The molecule has 0 amide bonds. The monoisotopic (exact) mass is 500 g/mol. The Balaban J connectivity index is 1.22. The van der Waals surface area contributed by atoms with Crippen LogP contribution in [-0.2, 0) is 10.2 Å². The lowest BCUT2D eigenvalue weighted by atomic mass is 9.82. The molecule has 0 spiro atoms. The molecule has 34 heavy (non-hydrogen) atoms. The second-order valence-corrected chi connectivity index (χ2v) is 13.1. The van der Waals surface area contributed by atoms with Gasteiger partial charge < -0.3 is 10.2 Å². The molecule has 5 rings (SSSR count). The molecule has 8 nitrogen and oxygen atoms in total. The van der Waals surface area contributed by atoms with Crippen molar-refractivity contribution in [3.8, 4) is 0 Å². The van der Waals surface area contributed by atoms with Crippen LogP contribution in [0.1, 0.15) is 57.8 Å². The summed E-state index contributed by atoms with van der Waals surface area (Å²) in [4.78, 5) is 2.15. The standard InChI is InChI=1S/C24H45FN6O2S/c25-34(32,33)12-11-30-16-20-22(17-30)27-23(13-18-5-2-1-3-6-18)28-24(20)21-8-10-31(29-21)15-19-7-4-9-26-14-19/h18-24,26-29H,1-17H2. The smallest absolute Gasteiger partial charge is 0.303 e. The van der Waals surface area contributed by atoms with E-state index in [1.165, 1.54) is 51.4 Å². The molecule has 4 aliphatic heterocycles. The van der Waals surface area contributed by atoms with Crippen molar-refractivity contribution in [3.63, 3.8) is 0 Å². The van der Waals surface area contributed by atoms with E-state index in [0.717, 1.165) is 57.5 Å². The van der Waals surface area contributed by atoms with E-state index >= 15 is 0 Å². The van der Waals surface area contributed by atoms with Gasteiger partial charge in [0.15, 0.2) is 0 Å². The van der Waals surface area contributed by atoms with E-state index in [1.54, 1.807) is 0 Å². The van der Waals surface area contributed by atoms with Crippen molar-refractivity contribution >= 4 is 10.2 Å². The Labute approximate surface area is 205 Å². The van der Waals surface area contributed by atoms with Gasteiger partial charge >= 0.3 is 10.2 Å². The van der Waals surface area contributed by atoms with Crippen LogP contribution in [0.5, 0.6) is 0 Å². The number of hydrazine groups is 1. The lowest BCUT2D eigenvalue weighted by Gasteiger charge is -2.44. The van der Waals surface area contributed by atoms with Gasteiger partial charge in [0.2, 0.25) is 0 Å². The zero-order valence-corrected chi connectivity index (χ0v) is 21.4. The molecule has 0 aromatic rings. The first-order chi connectivity index (χ1) is 16.4. The molecule has 1 saturated carbocycles. The van der Waals surface area contributed by atoms with Crippen LogP contribution in [0.4, 0.5) is 3.89 Å². The first kappa shape index (κ1) is 25.3. The van der Waals surface area contributed by atoms with Crippen LogP contribution in [0.3, 0.4) is 0 Å². The summed E-state index contributed by atoms with van der Waals surface area (Å²) in [6.45, 7) is 6.38. The summed E-state index contributed by atoms with van der Waals surface area (Å²) in [5.74, 6) is 1.51. The third-order valence-corrected chi connectivity index (χ3v) is 9.70. The van der Waals surface area contributed by atoms with Crippen molar-refractivity contribution in [1.82, 2.24) is 31.3 Å². The highest BCUT2D eigenvalue weighted by molar-refractivity contribution is 7.86. The zero-order chi connectivity index (χ0) is 23.5. The number of hydrogen-bond donors (Lipinski definition) is 4. The van der Waals surface area contributed by atoms with Crippen molar-refractivity contribution in [1.29, 1.82) is 0 Å². The summed E-state index contributed by atoms with van der Waals surface area (Å²) in [7, 11) is -4.43. The molecule has 0 aromatic heterocycles.